The minimum absolute atomic E-state index is 0. The van der Waals surface area contributed by atoms with Gasteiger partial charge in [-0.3, -0.25) is 9.59 Å². The van der Waals surface area contributed by atoms with Crippen molar-refractivity contribution in [2.75, 3.05) is 19.4 Å². The van der Waals surface area contributed by atoms with Crippen molar-refractivity contribution in [3.8, 4) is 0 Å². The topological polar surface area (TPSA) is 86.7 Å². The maximum Gasteiger partial charge on any atom is 0.303 e. The third-order valence-electron chi connectivity index (χ3n) is 3.06. The Labute approximate surface area is 158 Å². The molecule has 7 heteroatoms. The first-order valence-corrected chi connectivity index (χ1v) is 7.57. The van der Waals surface area contributed by atoms with Gasteiger partial charge in [-0.15, -0.1) is 6.07 Å². The summed E-state index contributed by atoms with van der Waals surface area (Å²) in [5, 5.41) is 11.0. The van der Waals surface area contributed by atoms with Crippen LogP contribution in [0.25, 0.3) is 0 Å². The molecule has 0 spiro atoms. The summed E-state index contributed by atoms with van der Waals surface area (Å²) in [6.07, 6.45) is 0.661. The van der Waals surface area contributed by atoms with E-state index in [4.69, 9.17) is 5.11 Å². The van der Waals surface area contributed by atoms with Crippen LogP contribution in [0.15, 0.2) is 48.5 Å². The van der Waals surface area contributed by atoms with E-state index < -0.39 is 5.97 Å². The smallest absolute Gasteiger partial charge is 0.303 e. The largest absolute Gasteiger partial charge is 0.699 e. The molecule has 0 saturated carbocycles. The Hall–Kier alpha value is -2.37. The number of rotatable bonds is 6. The molecule has 0 aliphatic carbocycles. The van der Waals surface area contributed by atoms with E-state index in [0.29, 0.717) is 6.42 Å². The number of carboxylic acid groups (broad SMARTS) is 1. The van der Waals surface area contributed by atoms with Gasteiger partial charge in [-0.05, 0) is 20.5 Å². The fourth-order valence-electron chi connectivity index (χ4n) is 1.86. The molecule has 2 aromatic carbocycles. The van der Waals surface area contributed by atoms with Gasteiger partial charge in [-0.1, -0.05) is 5.69 Å². The number of hydrogen-bond acceptors (Lipinski definition) is 3. The van der Waals surface area contributed by atoms with Gasteiger partial charge in [0.15, 0.2) is 0 Å². The van der Waals surface area contributed by atoms with E-state index in [1.165, 1.54) is 0 Å². The van der Waals surface area contributed by atoms with Crippen LogP contribution in [0.4, 0.5) is 5.69 Å². The molecule has 0 fully saturated rings. The predicted molar refractivity (Wildman–Crippen MR) is 92.2 cm³/mol. The van der Waals surface area contributed by atoms with Crippen molar-refractivity contribution in [1.82, 2.24) is 4.90 Å². The quantitative estimate of drug-likeness (QED) is 0.591. The maximum absolute atomic E-state index is 11.2. The van der Waals surface area contributed by atoms with Gasteiger partial charge in [0.2, 0.25) is 5.91 Å². The average Bonchev–Trinajstić information content (AvgIpc) is 3.19. The summed E-state index contributed by atoms with van der Waals surface area (Å²) in [7, 11) is 3.49. The molecule has 0 aromatic heterocycles. The molecule has 2 aromatic rings. The van der Waals surface area contributed by atoms with Crippen molar-refractivity contribution in [3.05, 3.63) is 54.1 Å². The van der Waals surface area contributed by atoms with Gasteiger partial charge in [0.1, 0.15) is 0 Å². The molecule has 2 rings (SSSR count). The molecule has 25 heavy (non-hydrogen) atoms. The van der Waals surface area contributed by atoms with Crippen LogP contribution in [-0.2, 0) is 26.7 Å². The molecule has 142 valence electrons. The minimum atomic E-state index is -0.869. The average molecular weight is 386 g/mol. The van der Waals surface area contributed by atoms with Crippen LogP contribution in [-0.4, -0.2) is 41.9 Å². The number of carboxylic acids is 1. The Balaban J connectivity index is 0.000000465. The number of anilines is 1. The molecule has 0 bridgehead atoms. The number of carbonyl (C=O) groups excluding carboxylic acids is 2. The summed E-state index contributed by atoms with van der Waals surface area (Å²) in [6.45, 7) is 0. The molecule has 6 nitrogen and oxygen atoms in total. The molecular weight excluding hydrogens is 364 g/mol. The third-order valence-corrected chi connectivity index (χ3v) is 3.06. The second-order valence-corrected chi connectivity index (χ2v) is 5.34. The van der Waals surface area contributed by atoms with Crippen LogP contribution >= 0.6 is 0 Å². The Morgan fingerprint density at radius 1 is 1.20 bits per heavy atom. The Morgan fingerprint density at radius 2 is 1.84 bits per heavy atom. The zero-order valence-corrected chi connectivity index (χ0v) is 15.3. The first kappa shape index (κ1) is 22.6. The number of aliphatic carboxylic acids is 1. The van der Waals surface area contributed by atoms with Gasteiger partial charge >= 0.3 is 5.97 Å². The fraction of sp³-hybridized carbons (Fsp3) is 0.278. The van der Waals surface area contributed by atoms with E-state index in [1.807, 2.05) is 36.4 Å². The number of nitrogens with zero attached hydrogens (tertiary/aromatic N) is 1. The van der Waals surface area contributed by atoms with Crippen LogP contribution in [0.5, 0.6) is 0 Å². The van der Waals surface area contributed by atoms with Crippen molar-refractivity contribution in [3.63, 3.8) is 0 Å². The Bertz CT molecular complexity index is 634. The number of carbonyl (C=O) groups is 3. The van der Waals surface area contributed by atoms with Gasteiger partial charge in [0.25, 0.3) is 0 Å². The van der Waals surface area contributed by atoms with E-state index in [-0.39, 0.29) is 41.7 Å². The van der Waals surface area contributed by atoms with Crippen molar-refractivity contribution >= 4 is 23.5 Å². The molecule has 2 N–H and O–H groups in total. The third kappa shape index (κ3) is 9.49. The molecule has 0 unspecified atom stereocenters. The minimum Gasteiger partial charge on any atom is -0.699 e. The van der Waals surface area contributed by atoms with Crippen molar-refractivity contribution < 1.29 is 36.6 Å². The van der Waals surface area contributed by atoms with Crippen molar-refractivity contribution in [1.29, 1.82) is 0 Å². The molecule has 0 heterocycles. The first-order valence-electron chi connectivity index (χ1n) is 7.57. The molecule has 0 atom stereocenters. The fourth-order valence-corrected chi connectivity index (χ4v) is 1.86. The number of nitrogens with one attached hydrogen (secondary N) is 1. The molecular formula is C18H22FeN2O4-6. The van der Waals surface area contributed by atoms with E-state index in [0.717, 1.165) is 11.3 Å². The monoisotopic (exact) mass is 386 g/mol. The summed E-state index contributed by atoms with van der Waals surface area (Å²) >= 11 is 0. The summed E-state index contributed by atoms with van der Waals surface area (Å²) in [4.78, 5) is 34.1. The van der Waals surface area contributed by atoms with Crippen molar-refractivity contribution in [2.24, 2.45) is 0 Å². The van der Waals surface area contributed by atoms with Crippen LogP contribution in [0.1, 0.15) is 29.6 Å². The second-order valence-electron chi connectivity index (χ2n) is 5.34. The van der Waals surface area contributed by atoms with E-state index in [1.54, 1.807) is 31.1 Å². The molecule has 0 saturated heterocycles. The standard InChI is InChI=1S/C10H12NO3.C8H10NO.Fe/c12-9(6-3-7-10(13)14)11-8-4-1-2-5-8;1-9(2)8(10)7-5-3-4-6-7;/h1-2,4-5H,3,6-7H2,(H,11,12)(H,13,14);3-6H,1-2H3;/q-1;-5;. The molecule has 0 aliphatic heterocycles. The SMILES string of the molecule is CN(C)C(=O)[c-]1[cH-][cH-][cH-][cH-]1.O=C(O)CCCC(=O)Nc1ccc[cH-]1.[Fe]. The Kier molecular flexibility index (Phi) is 10.9. The van der Waals surface area contributed by atoms with Crippen LogP contribution in [0.2, 0.25) is 0 Å². The normalized spacial score (nSPS) is 9.20. The molecule has 2 amide bonds. The summed E-state index contributed by atoms with van der Waals surface area (Å²) in [6, 6.07) is 14.6. The number of hydrogen-bond donors (Lipinski definition) is 2. The zero-order valence-electron chi connectivity index (χ0n) is 14.2. The Morgan fingerprint density at radius 3 is 2.32 bits per heavy atom. The van der Waals surface area contributed by atoms with E-state index in [9.17, 15) is 14.4 Å². The number of amides is 2. The van der Waals surface area contributed by atoms with Gasteiger partial charge < -0.3 is 49.9 Å². The van der Waals surface area contributed by atoms with Gasteiger partial charge in [0, 0.05) is 29.9 Å². The zero-order chi connectivity index (χ0) is 17.9. The summed E-state index contributed by atoms with van der Waals surface area (Å²) < 4.78 is 0. The predicted octanol–water partition coefficient (Wildman–Crippen LogP) is 2.70. The van der Waals surface area contributed by atoms with Crippen molar-refractivity contribution in [2.45, 2.75) is 19.3 Å². The molecule has 0 radical (unpaired) electrons. The van der Waals surface area contributed by atoms with Crippen LogP contribution in [0, 0.1) is 0 Å². The van der Waals surface area contributed by atoms with Gasteiger partial charge in [-0.25, -0.2) is 6.07 Å². The summed E-state index contributed by atoms with van der Waals surface area (Å²) in [5.41, 5.74) is 1.51. The van der Waals surface area contributed by atoms with Crippen LogP contribution < -0.4 is 5.32 Å². The second kappa shape index (κ2) is 12.1. The maximum atomic E-state index is 11.2. The van der Waals surface area contributed by atoms with Gasteiger partial charge in [-0.2, -0.15) is 18.0 Å². The first-order chi connectivity index (χ1) is 11.4. The summed E-state index contributed by atoms with van der Waals surface area (Å²) in [5.74, 6) is -0.950. The van der Waals surface area contributed by atoms with Crippen LogP contribution in [0.3, 0.4) is 0 Å². The van der Waals surface area contributed by atoms with E-state index in [2.05, 4.69) is 5.32 Å². The van der Waals surface area contributed by atoms with E-state index >= 15 is 0 Å². The van der Waals surface area contributed by atoms with Gasteiger partial charge in [0.05, 0.1) is 0 Å². The molecule has 0 aliphatic rings.